The Bertz CT molecular complexity index is 797. The number of hydrogen-bond donors (Lipinski definition) is 1. The predicted octanol–water partition coefficient (Wildman–Crippen LogP) is 4.01. The van der Waals surface area contributed by atoms with Crippen LogP contribution in [0, 0.1) is 6.92 Å². The second-order valence-corrected chi connectivity index (χ2v) is 7.84. The molecule has 0 saturated heterocycles. The first-order valence-corrected chi connectivity index (χ1v) is 10.2. The topological polar surface area (TPSA) is 49.4 Å². The minimum atomic E-state index is -0.502. The molecule has 28 heavy (non-hydrogen) atoms. The van der Waals surface area contributed by atoms with E-state index in [1.54, 1.807) is 4.90 Å². The minimum absolute atomic E-state index is 0.0245. The standard InChI is InChI=1S/C24H30N2O2/c1-18-9-8-12-21(15-18)16-23(27)26(17-20-10-4-3-5-11-20)19(2)24(28)25-22-13-6-7-14-22/h3-5,8-12,15,19,22H,6-7,13-14,16-17H2,1-2H3,(H,25,28). The van der Waals surface area contributed by atoms with E-state index < -0.39 is 6.04 Å². The van der Waals surface area contributed by atoms with E-state index in [1.165, 1.54) is 12.8 Å². The number of rotatable bonds is 7. The molecule has 1 fully saturated rings. The molecule has 1 saturated carbocycles. The molecule has 148 valence electrons. The fraction of sp³-hybridized carbons (Fsp3) is 0.417. The van der Waals surface area contributed by atoms with Gasteiger partial charge < -0.3 is 10.2 Å². The summed E-state index contributed by atoms with van der Waals surface area (Å²) in [6, 6.07) is 17.6. The summed E-state index contributed by atoms with van der Waals surface area (Å²) >= 11 is 0. The third kappa shape index (κ3) is 5.44. The van der Waals surface area contributed by atoms with Gasteiger partial charge in [0.1, 0.15) is 6.04 Å². The third-order valence-corrected chi connectivity index (χ3v) is 5.50. The Labute approximate surface area is 167 Å². The van der Waals surface area contributed by atoms with Gasteiger partial charge in [0.25, 0.3) is 0 Å². The minimum Gasteiger partial charge on any atom is -0.352 e. The molecule has 0 radical (unpaired) electrons. The van der Waals surface area contributed by atoms with E-state index in [0.717, 1.165) is 29.5 Å². The first-order chi connectivity index (χ1) is 13.5. The first-order valence-electron chi connectivity index (χ1n) is 10.2. The van der Waals surface area contributed by atoms with Crippen molar-refractivity contribution in [3.8, 4) is 0 Å². The Balaban J connectivity index is 1.75. The summed E-state index contributed by atoms with van der Waals surface area (Å²) in [7, 11) is 0. The van der Waals surface area contributed by atoms with Crippen molar-refractivity contribution < 1.29 is 9.59 Å². The second kappa shape index (κ2) is 9.54. The summed E-state index contributed by atoms with van der Waals surface area (Å²) in [6.45, 7) is 4.29. The zero-order chi connectivity index (χ0) is 19.9. The van der Waals surface area contributed by atoms with E-state index in [1.807, 2.05) is 68.4 Å². The van der Waals surface area contributed by atoms with E-state index >= 15 is 0 Å². The molecule has 1 atom stereocenters. The maximum absolute atomic E-state index is 13.2. The number of nitrogens with zero attached hydrogens (tertiary/aromatic N) is 1. The van der Waals surface area contributed by atoms with Crippen molar-refractivity contribution in [2.45, 2.75) is 64.6 Å². The third-order valence-electron chi connectivity index (χ3n) is 5.50. The van der Waals surface area contributed by atoms with Crippen LogP contribution in [0.25, 0.3) is 0 Å². The van der Waals surface area contributed by atoms with Crippen LogP contribution in [0.4, 0.5) is 0 Å². The monoisotopic (exact) mass is 378 g/mol. The lowest BCUT2D eigenvalue weighted by molar-refractivity contribution is -0.140. The van der Waals surface area contributed by atoms with Gasteiger partial charge in [-0.25, -0.2) is 0 Å². The van der Waals surface area contributed by atoms with Gasteiger partial charge >= 0.3 is 0 Å². The van der Waals surface area contributed by atoms with Crippen LogP contribution in [0.1, 0.15) is 49.3 Å². The lowest BCUT2D eigenvalue weighted by atomic mass is 10.1. The van der Waals surface area contributed by atoms with E-state index in [4.69, 9.17) is 0 Å². The number of nitrogens with one attached hydrogen (secondary N) is 1. The Hall–Kier alpha value is -2.62. The summed E-state index contributed by atoms with van der Waals surface area (Å²) in [4.78, 5) is 27.7. The van der Waals surface area contributed by atoms with Gasteiger partial charge in [0, 0.05) is 12.6 Å². The summed E-state index contributed by atoms with van der Waals surface area (Å²) < 4.78 is 0. The largest absolute Gasteiger partial charge is 0.352 e. The van der Waals surface area contributed by atoms with Gasteiger partial charge in [0.05, 0.1) is 6.42 Å². The normalized spacial score (nSPS) is 15.2. The van der Waals surface area contributed by atoms with E-state index in [2.05, 4.69) is 5.32 Å². The average Bonchev–Trinajstić information content (AvgIpc) is 3.19. The smallest absolute Gasteiger partial charge is 0.242 e. The van der Waals surface area contributed by atoms with E-state index in [9.17, 15) is 9.59 Å². The molecule has 0 spiro atoms. The molecule has 4 heteroatoms. The lowest BCUT2D eigenvalue weighted by Gasteiger charge is -2.30. The molecule has 0 heterocycles. The fourth-order valence-corrected chi connectivity index (χ4v) is 3.85. The van der Waals surface area contributed by atoms with Gasteiger partial charge in [0.15, 0.2) is 0 Å². The van der Waals surface area contributed by atoms with Gasteiger partial charge in [0.2, 0.25) is 11.8 Å². The molecule has 2 aromatic carbocycles. The highest BCUT2D eigenvalue weighted by Crippen LogP contribution is 2.19. The molecule has 1 aliphatic rings. The highest BCUT2D eigenvalue weighted by molar-refractivity contribution is 5.88. The number of amides is 2. The molecular weight excluding hydrogens is 348 g/mol. The van der Waals surface area contributed by atoms with Crippen LogP contribution in [-0.4, -0.2) is 28.8 Å². The number of carbonyl (C=O) groups is 2. The molecule has 1 N–H and O–H groups in total. The SMILES string of the molecule is Cc1cccc(CC(=O)N(Cc2ccccc2)C(C)C(=O)NC2CCCC2)c1. The van der Waals surface area contributed by atoms with Crippen molar-refractivity contribution in [1.29, 1.82) is 0 Å². The first kappa shape index (κ1) is 20.1. The van der Waals surface area contributed by atoms with Crippen LogP contribution in [0.3, 0.4) is 0 Å². The zero-order valence-electron chi connectivity index (χ0n) is 16.9. The Kier molecular flexibility index (Phi) is 6.85. The molecule has 0 aromatic heterocycles. The molecular formula is C24H30N2O2. The van der Waals surface area contributed by atoms with Crippen molar-refractivity contribution in [2.75, 3.05) is 0 Å². The second-order valence-electron chi connectivity index (χ2n) is 7.84. The van der Waals surface area contributed by atoms with Crippen LogP contribution in [0.5, 0.6) is 0 Å². The lowest BCUT2D eigenvalue weighted by Crippen LogP contribution is -2.50. The van der Waals surface area contributed by atoms with Crippen molar-refractivity contribution in [3.05, 3.63) is 71.3 Å². The Morgan fingerprint density at radius 1 is 1.04 bits per heavy atom. The van der Waals surface area contributed by atoms with Crippen LogP contribution >= 0.6 is 0 Å². The molecule has 0 bridgehead atoms. The highest BCUT2D eigenvalue weighted by Gasteiger charge is 2.28. The van der Waals surface area contributed by atoms with Crippen LogP contribution in [0.2, 0.25) is 0 Å². The maximum atomic E-state index is 13.2. The summed E-state index contributed by atoms with van der Waals surface area (Å²) in [5, 5.41) is 3.14. The predicted molar refractivity (Wildman–Crippen MR) is 112 cm³/mol. The average molecular weight is 379 g/mol. The molecule has 3 rings (SSSR count). The summed E-state index contributed by atoms with van der Waals surface area (Å²) in [6.07, 6.45) is 4.71. The van der Waals surface area contributed by atoms with Gasteiger partial charge in [-0.15, -0.1) is 0 Å². The summed E-state index contributed by atoms with van der Waals surface area (Å²) in [5.74, 6) is -0.0797. The van der Waals surface area contributed by atoms with Crippen molar-refractivity contribution >= 4 is 11.8 Å². The van der Waals surface area contributed by atoms with Gasteiger partial charge in [-0.2, -0.15) is 0 Å². The zero-order valence-corrected chi connectivity index (χ0v) is 16.9. The Morgan fingerprint density at radius 2 is 1.71 bits per heavy atom. The van der Waals surface area contributed by atoms with Crippen LogP contribution in [0.15, 0.2) is 54.6 Å². The molecule has 1 aliphatic carbocycles. The van der Waals surface area contributed by atoms with E-state index in [0.29, 0.717) is 13.0 Å². The maximum Gasteiger partial charge on any atom is 0.242 e. The van der Waals surface area contributed by atoms with Gasteiger partial charge in [-0.1, -0.05) is 73.0 Å². The van der Waals surface area contributed by atoms with Crippen molar-refractivity contribution in [1.82, 2.24) is 10.2 Å². The number of carbonyl (C=O) groups excluding carboxylic acids is 2. The van der Waals surface area contributed by atoms with Crippen molar-refractivity contribution in [3.63, 3.8) is 0 Å². The number of benzene rings is 2. The Morgan fingerprint density at radius 3 is 2.39 bits per heavy atom. The molecule has 1 unspecified atom stereocenters. The molecule has 2 amide bonds. The molecule has 2 aromatic rings. The quantitative estimate of drug-likeness (QED) is 0.791. The van der Waals surface area contributed by atoms with Gasteiger partial charge in [-0.05, 0) is 37.8 Å². The van der Waals surface area contributed by atoms with E-state index in [-0.39, 0.29) is 17.9 Å². The highest BCUT2D eigenvalue weighted by atomic mass is 16.2. The van der Waals surface area contributed by atoms with Crippen LogP contribution < -0.4 is 5.32 Å². The number of hydrogen-bond acceptors (Lipinski definition) is 2. The van der Waals surface area contributed by atoms with Crippen molar-refractivity contribution in [2.24, 2.45) is 0 Å². The fourth-order valence-electron chi connectivity index (χ4n) is 3.85. The molecule has 0 aliphatic heterocycles. The molecule has 4 nitrogen and oxygen atoms in total. The van der Waals surface area contributed by atoms with Crippen LogP contribution in [-0.2, 0) is 22.6 Å². The van der Waals surface area contributed by atoms with Gasteiger partial charge in [-0.3, -0.25) is 9.59 Å². The number of aryl methyl sites for hydroxylation is 1. The summed E-state index contributed by atoms with van der Waals surface area (Å²) in [5.41, 5.74) is 3.14.